The van der Waals surface area contributed by atoms with Crippen molar-refractivity contribution in [1.82, 2.24) is 14.5 Å². The molecule has 0 fully saturated rings. The van der Waals surface area contributed by atoms with Gasteiger partial charge in [-0.05, 0) is 25.5 Å². The van der Waals surface area contributed by atoms with E-state index in [4.69, 9.17) is 0 Å². The quantitative estimate of drug-likeness (QED) is 0.856. The van der Waals surface area contributed by atoms with E-state index in [-0.39, 0.29) is 10.8 Å². The molecule has 2 aromatic rings. The smallest absolute Gasteiger partial charge is 0.282 e. The molecule has 0 saturated carbocycles. The van der Waals surface area contributed by atoms with E-state index in [1.807, 2.05) is 6.92 Å². The van der Waals surface area contributed by atoms with Gasteiger partial charge in [0.1, 0.15) is 11.6 Å². The fourth-order valence-electron chi connectivity index (χ4n) is 1.73. The van der Waals surface area contributed by atoms with Crippen LogP contribution >= 0.6 is 0 Å². The van der Waals surface area contributed by atoms with E-state index in [2.05, 4.69) is 14.7 Å². The predicted octanol–water partition coefficient (Wildman–Crippen LogP) is 1.94. The van der Waals surface area contributed by atoms with Crippen molar-refractivity contribution in [1.29, 1.82) is 0 Å². The highest BCUT2D eigenvalue weighted by Crippen LogP contribution is 2.14. The lowest BCUT2D eigenvalue weighted by Crippen LogP contribution is -2.14. The molecule has 0 unspecified atom stereocenters. The van der Waals surface area contributed by atoms with Crippen LogP contribution in [0.5, 0.6) is 0 Å². The molecule has 108 valence electrons. The van der Waals surface area contributed by atoms with Crippen LogP contribution in [0.4, 0.5) is 10.2 Å². The SMILES string of the molecule is CCCn1cc(S(=O)(=O)Nc2cccc(F)n2)nc1C. The maximum Gasteiger partial charge on any atom is 0.282 e. The molecule has 0 radical (unpaired) electrons. The van der Waals surface area contributed by atoms with E-state index in [0.29, 0.717) is 12.4 Å². The summed E-state index contributed by atoms with van der Waals surface area (Å²) in [5.74, 6) is -0.218. The van der Waals surface area contributed by atoms with Crippen LogP contribution in [0, 0.1) is 12.9 Å². The van der Waals surface area contributed by atoms with E-state index in [9.17, 15) is 12.8 Å². The second-order valence-electron chi connectivity index (χ2n) is 4.27. The standard InChI is InChI=1S/C12H15FN4O2S/c1-3-7-17-8-12(14-9(17)2)20(18,19)16-11-6-4-5-10(13)15-11/h4-6,8H,3,7H2,1-2H3,(H,15,16). The molecule has 2 rings (SSSR count). The molecule has 0 aliphatic heterocycles. The summed E-state index contributed by atoms with van der Waals surface area (Å²) in [6, 6.07) is 3.88. The number of nitrogens with zero attached hydrogens (tertiary/aromatic N) is 3. The van der Waals surface area contributed by atoms with Gasteiger partial charge in [0, 0.05) is 12.7 Å². The minimum Gasteiger partial charge on any atom is -0.334 e. The van der Waals surface area contributed by atoms with E-state index >= 15 is 0 Å². The number of anilines is 1. The Labute approximate surface area is 116 Å². The van der Waals surface area contributed by atoms with E-state index in [1.54, 1.807) is 11.5 Å². The number of imidazole rings is 1. The van der Waals surface area contributed by atoms with Crippen LogP contribution in [0.2, 0.25) is 0 Å². The lowest BCUT2D eigenvalue weighted by atomic mass is 10.5. The van der Waals surface area contributed by atoms with Gasteiger partial charge in [0.05, 0.1) is 0 Å². The zero-order valence-electron chi connectivity index (χ0n) is 11.2. The fourth-order valence-corrected chi connectivity index (χ4v) is 2.74. The normalized spacial score (nSPS) is 11.6. The van der Waals surface area contributed by atoms with Crippen molar-refractivity contribution in [3.05, 3.63) is 36.2 Å². The Morgan fingerprint density at radius 1 is 1.35 bits per heavy atom. The first-order valence-electron chi connectivity index (χ1n) is 6.11. The molecule has 2 aromatic heterocycles. The third kappa shape index (κ3) is 3.13. The van der Waals surface area contributed by atoms with Crippen LogP contribution in [-0.2, 0) is 16.6 Å². The van der Waals surface area contributed by atoms with Crippen molar-refractivity contribution in [2.24, 2.45) is 0 Å². The van der Waals surface area contributed by atoms with Crippen LogP contribution in [0.15, 0.2) is 29.4 Å². The molecule has 20 heavy (non-hydrogen) atoms. The van der Waals surface area contributed by atoms with Gasteiger partial charge in [-0.2, -0.15) is 12.8 Å². The summed E-state index contributed by atoms with van der Waals surface area (Å²) in [6.07, 6.45) is 2.33. The Balaban J connectivity index is 2.28. The van der Waals surface area contributed by atoms with Gasteiger partial charge in [-0.1, -0.05) is 13.0 Å². The number of aryl methyl sites for hydroxylation is 2. The van der Waals surface area contributed by atoms with Gasteiger partial charge >= 0.3 is 0 Å². The number of rotatable bonds is 5. The lowest BCUT2D eigenvalue weighted by Gasteiger charge is -2.04. The van der Waals surface area contributed by atoms with Gasteiger partial charge in [-0.15, -0.1) is 0 Å². The summed E-state index contributed by atoms with van der Waals surface area (Å²) in [4.78, 5) is 7.47. The molecule has 0 saturated heterocycles. The highest BCUT2D eigenvalue weighted by atomic mass is 32.2. The van der Waals surface area contributed by atoms with Crippen LogP contribution in [0.25, 0.3) is 0 Å². The Bertz CT molecular complexity index is 712. The summed E-state index contributed by atoms with van der Waals surface area (Å²) in [6.45, 7) is 4.41. The van der Waals surface area contributed by atoms with Gasteiger partial charge in [-0.3, -0.25) is 4.72 Å². The number of sulfonamides is 1. The molecule has 0 aliphatic carbocycles. The second kappa shape index (κ2) is 5.58. The fraction of sp³-hybridized carbons (Fsp3) is 0.333. The van der Waals surface area contributed by atoms with Crippen molar-refractivity contribution in [2.45, 2.75) is 31.8 Å². The summed E-state index contributed by atoms with van der Waals surface area (Å²) in [7, 11) is -3.86. The molecule has 0 bridgehead atoms. The maximum atomic E-state index is 12.9. The zero-order valence-corrected chi connectivity index (χ0v) is 12.0. The van der Waals surface area contributed by atoms with Gasteiger partial charge in [-0.25, -0.2) is 9.97 Å². The molecular formula is C12H15FN4O2S. The van der Waals surface area contributed by atoms with Crippen molar-refractivity contribution in [2.75, 3.05) is 4.72 Å². The van der Waals surface area contributed by atoms with Crippen molar-refractivity contribution < 1.29 is 12.8 Å². The third-order valence-corrected chi connectivity index (χ3v) is 3.87. The molecule has 2 heterocycles. The molecule has 0 spiro atoms. The van der Waals surface area contributed by atoms with Gasteiger partial charge in [0.25, 0.3) is 10.0 Å². The van der Waals surface area contributed by atoms with E-state index in [0.717, 1.165) is 12.5 Å². The van der Waals surface area contributed by atoms with Crippen molar-refractivity contribution in [3.8, 4) is 0 Å². The minimum absolute atomic E-state index is 0.0762. The molecule has 0 aromatic carbocycles. The zero-order chi connectivity index (χ0) is 14.8. The molecule has 8 heteroatoms. The number of aromatic nitrogens is 3. The van der Waals surface area contributed by atoms with Crippen LogP contribution in [-0.4, -0.2) is 23.0 Å². The Morgan fingerprint density at radius 3 is 2.75 bits per heavy atom. The van der Waals surface area contributed by atoms with Crippen LogP contribution < -0.4 is 4.72 Å². The highest BCUT2D eigenvalue weighted by Gasteiger charge is 2.19. The molecular weight excluding hydrogens is 283 g/mol. The maximum absolute atomic E-state index is 12.9. The number of nitrogens with one attached hydrogen (secondary N) is 1. The highest BCUT2D eigenvalue weighted by molar-refractivity contribution is 7.92. The topological polar surface area (TPSA) is 76.9 Å². The average Bonchev–Trinajstić information content (AvgIpc) is 2.72. The van der Waals surface area contributed by atoms with Gasteiger partial charge < -0.3 is 4.57 Å². The first-order valence-corrected chi connectivity index (χ1v) is 7.60. The van der Waals surface area contributed by atoms with E-state index < -0.39 is 16.0 Å². The summed E-state index contributed by atoms with van der Waals surface area (Å²) >= 11 is 0. The molecule has 0 amide bonds. The molecule has 6 nitrogen and oxygen atoms in total. The Kier molecular flexibility index (Phi) is 4.03. The Hall–Kier alpha value is -1.96. The average molecular weight is 298 g/mol. The van der Waals surface area contributed by atoms with Gasteiger partial charge in [0.15, 0.2) is 5.03 Å². The number of hydrogen-bond acceptors (Lipinski definition) is 4. The third-order valence-electron chi connectivity index (χ3n) is 2.65. The summed E-state index contributed by atoms with van der Waals surface area (Å²) < 4.78 is 41.2. The first kappa shape index (κ1) is 14.4. The first-order chi connectivity index (χ1) is 9.42. The van der Waals surface area contributed by atoms with Crippen LogP contribution in [0.1, 0.15) is 19.2 Å². The lowest BCUT2D eigenvalue weighted by molar-refractivity contribution is 0.584. The largest absolute Gasteiger partial charge is 0.334 e. The van der Waals surface area contributed by atoms with Crippen molar-refractivity contribution >= 4 is 15.8 Å². The van der Waals surface area contributed by atoms with E-state index in [1.165, 1.54) is 18.3 Å². The monoisotopic (exact) mass is 298 g/mol. The minimum atomic E-state index is -3.86. The molecule has 1 N–H and O–H groups in total. The molecule has 0 aliphatic rings. The number of pyridine rings is 1. The Morgan fingerprint density at radius 2 is 2.10 bits per heavy atom. The van der Waals surface area contributed by atoms with Crippen molar-refractivity contribution in [3.63, 3.8) is 0 Å². The number of hydrogen-bond donors (Lipinski definition) is 1. The molecule has 0 atom stereocenters. The van der Waals surface area contributed by atoms with Gasteiger partial charge in [0.2, 0.25) is 5.95 Å². The summed E-state index contributed by atoms with van der Waals surface area (Å²) in [5.41, 5.74) is 0. The predicted molar refractivity (Wildman–Crippen MR) is 72.3 cm³/mol. The van der Waals surface area contributed by atoms with Crippen LogP contribution in [0.3, 0.4) is 0 Å². The number of halogens is 1. The second-order valence-corrected chi connectivity index (χ2v) is 5.90. The summed E-state index contributed by atoms with van der Waals surface area (Å²) in [5, 5.41) is -0.102.